The Bertz CT molecular complexity index is 961. The number of amides is 2. The number of hydrogen-bond acceptors (Lipinski definition) is 3. The van der Waals surface area contributed by atoms with Crippen molar-refractivity contribution >= 4 is 33.4 Å². The Balaban J connectivity index is 1.65. The van der Waals surface area contributed by atoms with E-state index in [0.29, 0.717) is 36.5 Å². The van der Waals surface area contributed by atoms with E-state index in [1.54, 1.807) is 11.3 Å². The fraction of sp³-hybridized carbons (Fsp3) is 0.680. The molecule has 0 spiro atoms. The molecule has 0 saturated heterocycles. The Labute approximate surface area is 190 Å². The Morgan fingerprint density at radius 2 is 2.13 bits per heavy atom. The molecule has 1 fully saturated rings. The van der Waals surface area contributed by atoms with Gasteiger partial charge in [0.05, 0.1) is 16.8 Å². The molecule has 0 radical (unpaired) electrons. The summed E-state index contributed by atoms with van der Waals surface area (Å²) in [5.41, 5.74) is 0.895. The van der Waals surface area contributed by atoms with E-state index in [4.69, 9.17) is 0 Å². The van der Waals surface area contributed by atoms with Crippen LogP contribution in [-0.2, 0) is 11.3 Å². The smallest absolute Gasteiger partial charge is 0.271 e. The third-order valence-corrected chi connectivity index (χ3v) is 8.63. The Morgan fingerprint density at radius 3 is 2.84 bits per heavy atom. The first-order valence-electron chi connectivity index (χ1n) is 12.0. The van der Waals surface area contributed by atoms with E-state index in [1.807, 2.05) is 17.9 Å². The highest BCUT2D eigenvalue weighted by molar-refractivity contribution is 7.17. The predicted octanol–water partition coefficient (Wildman–Crippen LogP) is 5.29. The molecular formula is C25H37N3O2S. The molecule has 2 aliphatic rings. The van der Waals surface area contributed by atoms with Crippen LogP contribution in [0.3, 0.4) is 0 Å². The third-order valence-electron chi connectivity index (χ3n) is 7.78. The minimum absolute atomic E-state index is 0.000869. The highest BCUT2D eigenvalue weighted by atomic mass is 32.1. The zero-order chi connectivity index (χ0) is 22.3. The monoisotopic (exact) mass is 443 g/mol. The number of hydrogen-bond donors (Lipinski definition) is 1. The van der Waals surface area contributed by atoms with E-state index in [9.17, 15) is 9.59 Å². The van der Waals surface area contributed by atoms with Gasteiger partial charge in [-0.1, -0.05) is 47.0 Å². The summed E-state index contributed by atoms with van der Waals surface area (Å²) in [5.74, 6) is 1.59. The molecule has 4 unspecified atom stereocenters. The Hall–Kier alpha value is -1.82. The van der Waals surface area contributed by atoms with Gasteiger partial charge in [-0.15, -0.1) is 11.3 Å². The quantitative estimate of drug-likeness (QED) is 0.659. The number of fused-ring (bicyclic) bond motifs is 3. The van der Waals surface area contributed by atoms with Gasteiger partial charge in [0.25, 0.3) is 5.91 Å². The van der Waals surface area contributed by atoms with Crippen molar-refractivity contribution in [3.05, 3.63) is 23.2 Å². The van der Waals surface area contributed by atoms with E-state index in [0.717, 1.165) is 35.9 Å². The third kappa shape index (κ3) is 3.92. The second kappa shape index (κ2) is 8.61. The van der Waals surface area contributed by atoms with Gasteiger partial charge in [0, 0.05) is 12.6 Å². The van der Waals surface area contributed by atoms with Crippen LogP contribution in [0.4, 0.5) is 0 Å². The van der Waals surface area contributed by atoms with Crippen LogP contribution in [0.5, 0.6) is 0 Å². The summed E-state index contributed by atoms with van der Waals surface area (Å²) in [6, 6.07) is 4.25. The first kappa shape index (κ1) is 22.4. The number of thiophene rings is 1. The summed E-state index contributed by atoms with van der Waals surface area (Å²) >= 11 is 1.65. The molecule has 1 N–H and O–H groups in total. The molecular weight excluding hydrogens is 406 g/mol. The molecule has 0 aromatic carbocycles. The van der Waals surface area contributed by atoms with Crippen LogP contribution in [0.1, 0.15) is 77.2 Å². The van der Waals surface area contributed by atoms with Crippen molar-refractivity contribution in [3.8, 4) is 0 Å². The van der Waals surface area contributed by atoms with Gasteiger partial charge in [-0.3, -0.25) is 9.59 Å². The van der Waals surface area contributed by atoms with Crippen molar-refractivity contribution < 1.29 is 9.59 Å². The lowest BCUT2D eigenvalue weighted by atomic mass is 9.75. The predicted molar refractivity (Wildman–Crippen MR) is 127 cm³/mol. The van der Waals surface area contributed by atoms with Crippen LogP contribution in [0, 0.1) is 17.8 Å². The average Bonchev–Trinajstić information content (AvgIpc) is 3.31. The van der Waals surface area contributed by atoms with Crippen LogP contribution >= 0.6 is 11.3 Å². The summed E-state index contributed by atoms with van der Waals surface area (Å²) in [5, 5.41) is 5.46. The van der Waals surface area contributed by atoms with Gasteiger partial charge in [0.15, 0.2) is 0 Å². The van der Waals surface area contributed by atoms with Gasteiger partial charge >= 0.3 is 0 Å². The molecule has 2 aromatic rings. The van der Waals surface area contributed by atoms with Crippen LogP contribution in [-0.4, -0.2) is 39.4 Å². The highest BCUT2D eigenvalue weighted by Gasteiger charge is 2.48. The van der Waals surface area contributed by atoms with Crippen molar-refractivity contribution in [2.75, 3.05) is 6.54 Å². The molecule has 31 heavy (non-hydrogen) atoms. The first-order chi connectivity index (χ1) is 14.8. The van der Waals surface area contributed by atoms with E-state index < -0.39 is 5.54 Å². The number of aromatic nitrogens is 1. The standard InChI is InChI=1S/C25H37N3O2S/c1-6-18-8-7-9-19(17(18)4)26-24(30)25(5)15-27-20-11-13-31-22(20)14-21(27)23(29)28(25)12-10-16(2)3/h11,13-14,16-19H,6-10,12,15H2,1-5H3,(H,26,30). The SMILES string of the molecule is CCC1CCCC(NC(=O)C2(C)Cn3c(cc4sccc43)C(=O)N2CCC(C)C)C1C. The van der Waals surface area contributed by atoms with Gasteiger partial charge in [-0.2, -0.15) is 0 Å². The number of carbonyl (C=O) groups is 2. The molecule has 1 saturated carbocycles. The van der Waals surface area contributed by atoms with Gasteiger partial charge in [0.2, 0.25) is 5.91 Å². The molecule has 6 heteroatoms. The lowest BCUT2D eigenvalue weighted by molar-refractivity contribution is -0.134. The Morgan fingerprint density at radius 1 is 1.35 bits per heavy atom. The zero-order valence-electron chi connectivity index (χ0n) is 19.6. The Kier molecular flexibility index (Phi) is 6.21. The van der Waals surface area contributed by atoms with E-state index >= 15 is 0 Å². The number of rotatable bonds is 6. The molecule has 0 bridgehead atoms. The summed E-state index contributed by atoms with van der Waals surface area (Å²) in [4.78, 5) is 29.3. The van der Waals surface area contributed by atoms with Crippen molar-refractivity contribution in [2.24, 2.45) is 17.8 Å². The van der Waals surface area contributed by atoms with Gasteiger partial charge in [-0.05, 0) is 55.0 Å². The van der Waals surface area contributed by atoms with Crippen LogP contribution in [0.15, 0.2) is 17.5 Å². The summed E-state index contributed by atoms with van der Waals surface area (Å²) in [6.45, 7) is 11.9. The largest absolute Gasteiger partial charge is 0.351 e. The maximum absolute atomic E-state index is 13.8. The van der Waals surface area contributed by atoms with Crippen LogP contribution < -0.4 is 5.32 Å². The highest BCUT2D eigenvalue weighted by Crippen LogP contribution is 2.36. The maximum Gasteiger partial charge on any atom is 0.271 e. The number of nitrogens with zero attached hydrogens (tertiary/aromatic N) is 2. The number of carbonyl (C=O) groups excluding carboxylic acids is 2. The van der Waals surface area contributed by atoms with Gasteiger partial charge < -0.3 is 14.8 Å². The van der Waals surface area contributed by atoms with Gasteiger partial charge in [0.1, 0.15) is 11.2 Å². The normalized spacial score (nSPS) is 28.9. The van der Waals surface area contributed by atoms with E-state index in [1.165, 1.54) is 6.42 Å². The summed E-state index contributed by atoms with van der Waals surface area (Å²) < 4.78 is 3.18. The summed E-state index contributed by atoms with van der Waals surface area (Å²) in [7, 11) is 0. The van der Waals surface area contributed by atoms with E-state index in [-0.39, 0.29) is 17.9 Å². The van der Waals surface area contributed by atoms with Crippen LogP contribution in [0.2, 0.25) is 0 Å². The molecule has 170 valence electrons. The average molecular weight is 444 g/mol. The first-order valence-corrected chi connectivity index (χ1v) is 12.8. The van der Waals surface area contributed by atoms with Crippen molar-refractivity contribution in [3.63, 3.8) is 0 Å². The maximum atomic E-state index is 13.8. The second-order valence-corrected chi connectivity index (χ2v) is 11.2. The molecule has 2 amide bonds. The summed E-state index contributed by atoms with van der Waals surface area (Å²) in [6.07, 6.45) is 5.50. The molecule has 3 heterocycles. The number of nitrogens with one attached hydrogen (secondary N) is 1. The van der Waals surface area contributed by atoms with Crippen molar-refractivity contribution in [2.45, 2.75) is 84.8 Å². The molecule has 5 nitrogen and oxygen atoms in total. The van der Waals surface area contributed by atoms with Crippen molar-refractivity contribution in [1.82, 2.24) is 14.8 Å². The zero-order valence-corrected chi connectivity index (χ0v) is 20.4. The van der Waals surface area contributed by atoms with E-state index in [2.05, 4.69) is 49.0 Å². The molecule has 4 atom stereocenters. The van der Waals surface area contributed by atoms with Crippen LogP contribution in [0.25, 0.3) is 10.2 Å². The minimum Gasteiger partial charge on any atom is -0.351 e. The minimum atomic E-state index is -0.883. The lowest BCUT2D eigenvalue weighted by Crippen LogP contribution is -2.65. The molecule has 1 aliphatic heterocycles. The van der Waals surface area contributed by atoms with Crippen molar-refractivity contribution in [1.29, 1.82) is 0 Å². The molecule has 2 aromatic heterocycles. The molecule has 4 rings (SSSR count). The second-order valence-electron chi connectivity index (χ2n) is 10.2. The fourth-order valence-corrected chi connectivity index (χ4v) is 6.39. The lowest BCUT2D eigenvalue weighted by Gasteiger charge is -2.46. The van der Waals surface area contributed by atoms with Gasteiger partial charge in [-0.25, -0.2) is 0 Å². The topological polar surface area (TPSA) is 54.3 Å². The fourth-order valence-electron chi connectivity index (χ4n) is 5.57. The molecule has 1 aliphatic carbocycles.